The minimum absolute atomic E-state index is 0.158. The minimum atomic E-state index is -0.435. The van der Waals surface area contributed by atoms with Crippen molar-refractivity contribution < 1.29 is 19.0 Å². The van der Waals surface area contributed by atoms with Crippen molar-refractivity contribution in [2.24, 2.45) is 0 Å². The lowest BCUT2D eigenvalue weighted by Crippen LogP contribution is -2.19. The van der Waals surface area contributed by atoms with Crippen LogP contribution in [0.15, 0.2) is 39.5 Å². The van der Waals surface area contributed by atoms with Crippen LogP contribution in [0.5, 0.6) is 17.2 Å². The van der Waals surface area contributed by atoms with E-state index in [0.29, 0.717) is 40.3 Å². The van der Waals surface area contributed by atoms with Gasteiger partial charge >= 0.3 is 5.63 Å². The van der Waals surface area contributed by atoms with E-state index >= 15 is 0 Å². The molecule has 6 heteroatoms. The van der Waals surface area contributed by atoms with Gasteiger partial charge in [-0.15, -0.1) is 0 Å². The highest BCUT2D eigenvalue weighted by Gasteiger charge is 2.21. The number of aromatic hydroxyl groups is 1. The van der Waals surface area contributed by atoms with E-state index < -0.39 is 5.63 Å². The van der Waals surface area contributed by atoms with Crippen LogP contribution in [-0.2, 0) is 6.54 Å². The molecule has 0 amide bonds. The van der Waals surface area contributed by atoms with E-state index in [1.165, 1.54) is 0 Å². The highest BCUT2D eigenvalue weighted by atomic mass is 16.5. The minimum Gasteiger partial charge on any atom is -0.507 e. The molecule has 1 N–H and O–H groups in total. The number of fused-ring (bicyclic) bond motifs is 1. The summed E-state index contributed by atoms with van der Waals surface area (Å²) in [5.74, 6) is 1.30. The molecule has 0 radical (unpaired) electrons. The molecule has 1 aliphatic rings. The largest absolute Gasteiger partial charge is 0.507 e. The summed E-state index contributed by atoms with van der Waals surface area (Å²) in [5, 5.41) is 11.3. The Hall–Kier alpha value is -2.99. The highest BCUT2D eigenvalue weighted by Crippen LogP contribution is 2.36. The average molecular weight is 395 g/mol. The predicted octanol–water partition coefficient (Wildman–Crippen LogP) is 4.09. The van der Waals surface area contributed by atoms with Crippen LogP contribution in [0.4, 0.5) is 0 Å². The Morgan fingerprint density at radius 2 is 1.79 bits per heavy atom. The number of phenols is 1. The molecule has 152 valence electrons. The number of methoxy groups -OCH3 is 2. The second-order valence-corrected chi connectivity index (χ2v) is 7.38. The molecule has 1 saturated heterocycles. The molecule has 0 saturated carbocycles. The van der Waals surface area contributed by atoms with Gasteiger partial charge in [-0.25, -0.2) is 4.79 Å². The van der Waals surface area contributed by atoms with Gasteiger partial charge in [0.2, 0.25) is 0 Å². The summed E-state index contributed by atoms with van der Waals surface area (Å²) in [5.41, 5.74) is 2.69. The van der Waals surface area contributed by atoms with Crippen molar-refractivity contribution in [3.63, 3.8) is 0 Å². The summed E-state index contributed by atoms with van der Waals surface area (Å²) in [7, 11) is 3.13. The number of hydrogen-bond donors (Lipinski definition) is 1. The standard InChI is InChI=1S/C23H25NO5/c1-14-16-7-8-18(25)17(13-24-10-4-5-11-24)22(16)29-23(26)21(14)15-6-9-19(27-2)20(12-15)28-3/h6-9,12,25H,4-5,10-11,13H2,1-3H3. The predicted molar refractivity (Wildman–Crippen MR) is 112 cm³/mol. The Bertz CT molecular complexity index is 1110. The Labute approximate surface area is 169 Å². The number of likely N-dealkylation sites (tertiary alicyclic amines) is 1. The smallest absolute Gasteiger partial charge is 0.344 e. The third-order valence-corrected chi connectivity index (χ3v) is 5.67. The zero-order valence-corrected chi connectivity index (χ0v) is 16.9. The van der Waals surface area contributed by atoms with Gasteiger partial charge in [0.25, 0.3) is 0 Å². The van der Waals surface area contributed by atoms with Gasteiger partial charge in [-0.2, -0.15) is 0 Å². The highest BCUT2D eigenvalue weighted by molar-refractivity contribution is 5.90. The van der Waals surface area contributed by atoms with Gasteiger partial charge < -0.3 is 19.0 Å². The zero-order chi connectivity index (χ0) is 20.5. The first-order chi connectivity index (χ1) is 14.0. The second kappa shape index (κ2) is 7.79. The molecule has 1 aliphatic heterocycles. The number of nitrogens with zero attached hydrogens (tertiary/aromatic N) is 1. The quantitative estimate of drug-likeness (QED) is 0.656. The summed E-state index contributed by atoms with van der Waals surface area (Å²) in [6.07, 6.45) is 2.30. The van der Waals surface area contributed by atoms with E-state index in [4.69, 9.17) is 13.9 Å². The maximum Gasteiger partial charge on any atom is 0.344 e. The molecular weight excluding hydrogens is 370 g/mol. The molecule has 1 aromatic heterocycles. The van der Waals surface area contributed by atoms with Crippen LogP contribution in [-0.4, -0.2) is 37.3 Å². The van der Waals surface area contributed by atoms with Gasteiger partial charge in [0.05, 0.1) is 25.3 Å². The van der Waals surface area contributed by atoms with E-state index in [1.54, 1.807) is 38.5 Å². The average Bonchev–Trinajstić information content (AvgIpc) is 3.23. The number of hydrogen-bond acceptors (Lipinski definition) is 6. The molecule has 0 spiro atoms. The Morgan fingerprint density at radius 3 is 2.48 bits per heavy atom. The second-order valence-electron chi connectivity index (χ2n) is 7.38. The van der Waals surface area contributed by atoms with Crippen molar-refractivity contribution >= 4 is 11.0 Å². The van der Waals surface area contributed by atoms with Crippen LogP contribution in [0.25, 0.3) is 22.1 Å². The number of phenolic OH excluding ortho intramolecular Hbond substituents is 1. The zero-order valence-electron chi connectivity index (χ0n) is 16.9. The summed E-state index contributed by atoms with van der Waals surface area (Å²) in [6, 6.07) is 8.85. The van der Waals surface area contributed by atoms with E-state index in [0.717, 1.165) is 36.9 Å². The van der Waals surface area contributed by atoms with Crippen LogP contribution in [0, 0.1) is 6.92 Å². The SMILES string of the molecule is COc1ccc(-c2c(C)c3ccc(O)c(CN4CCCC4)c3oc2=O)cc1OC. The first-order valence-electron chi connectivity index (χ1n) is 9.76. The lowest BCUT2D eigenvalue weighted by atomic mass is 9.97. The molecule has 29 heavy (non-hydrogen) atoms. The molecule has 6 nitrogen and oxygen atoms in total. The number of rotatable bonds is 5. The molecule has 3 aromatic rings. The molecule has 0 bridgehead atoms. The lowest BCUT2D eigenvalue weighted by Gasteiger charge is -2.18. The van der Waals surface area contributed by atoms with Gasteiger partial charge in [-0.05, 0) is 68.2 Å². The van der Waals surface area contributed by atoms with Crippen molar-refractivity contribution in [3.05, 3.63) is 51.9 Å². The van der Waals surface area contributed by atoms with Crippen molar-refractivity contribution in [2.75, 3.05) is 27.3 Å². The van der Waals surface area contributed by atoms with Crippen molar-refractivity contribution in [2.45, 2.75) is 26.3 Å². The van der Waals surface area contributed by atoms with Crippen molar-refractivity contribution in [1.82, 2.24) is 4.90 Å². The number of ether oxygens (including phenoxy) is 2. The third kappa shape index (κ3) is 3.44. The lowest BCUT2D eigenvalue weighted by molar-refractivity contribution is 0.323. The van der Waals surface area contributed by atoms with Crippen LogP contribution in [0.1, 0.15) is 24.0 Å². The fourth-order valence-corrected chi connectivity index (χ4v) is 4.10. The molecule has 0 atom stereocenters. The molecule has 2 heterocycles. The van der Waals surface area contributed by atoms with E-state index in [9.17, 15) is 9.90 Å². The van der Waals surface area contributed by atoms with Gasteiger partial charge in [-0.3, -0.25) is 4.90 Å². The first-order valence-corrected chi connectivity index (χ1v) is 9.76. The third-order valence-electron chi connectivity index (χ3n) is 5.67. The molecule has 1 fully saturated rings. The van der Waals surface area contributed by atoms with Gasteiger partial charge in [0, 0.05) is 11.9 Å². The maximum atomic E-state index is 13.0. The molecule has 0 unspecified atom stereocenters. The normalized spacial score (nSPS) is 14.4. The Balaban J connectivity index is 1.88. The van der Waals surface area contributed by atoms with Crippen molar-refractivity contribution in [1.29, 1.82) is 0 Å². The summed E-state index contributed by atoms with van der Waals surface area (Å²) in [4.78, 5) is 15.2. The van der Waals surface area contributed by atoms with Gasteiger partial charge in [-0.1, -0.05) is 6.07 Å². The molecule has 2 aromatic carbocycles. The Kier molecular flexibility index (Phi) is 5.20. The number of benzene rings is 2. The molecule has 0 aliphatic carbocycles. The van der Waals surface area contributed by atoms with E-state index in [1.807, 2.05) is 13.0 Å². The van der Waals surface area contributed by atoms with Crippen LogP contribution < -0.4 is 15.1 Å². The van der Waals surface area contributed by atoms with Crippen molar-refractivity contribution in [3.8, 4) is 28.4 Å². The van der Waals surface area contributed by atoms with Crippen LogP contribution in [0.2, 0.25) is 0 Å². The summed E-state index contributed by atoms with van der Waals surface area (Å²) < 4.78 is 16.4. The van der Waals surface area contributed by atoms with Gasteiger partial charge in [0.1, 0.15) is 11.3 Å². The molecular formula is C23H25NO5. The van der Waals surface area contributed by atoms with Gasteiger partial charge in [0.15, 0.2) is 11.5 Å². The topological polar surface area (TPSA) is 72.1 Å². The number of aryl methyl sites for hydroxylation is 1. The van der Waals surface area contributed by atoms with E-state index in [-0.39, 0.29) is 5.75 Å². The first kappa shape index (κ1) is 19.3. The van der Waals surface area contributed by atoms with E-state index in [2.05, 4.69) is 4.90 Å². The monoisotopic (exact) mass is 395 g/mol. The Morgan fingerprint density at radius 1 is 1.07 bits per heavy atom. The van der Waals surface area contributed by atoms with Crippen LogP contribution in [0.3, 0.4) is 0 Å². The summed E-state index contributed by atoms with van der Waals surface area (Å²) in [6.45, 7) is 4.45. The fraction of sp³-hybridized carbons (Fsp3) is 0.348. The molecule has 4 rings (SSSR count). The van der Waals surface area contributed by atoms with Crippen LogP contribution >= 0.6 is 0 Å². The fourth-order valence-electron chi connectivity index (χ4n) is 4.10. The summed E-state index contributed by atoms with van der Waals surface area (Å²) >= 11 is 0. The maximum absolute atomic E-state index is 13.0.